The molecule has 6 rings (SSSR count). The molecule has 0 bridgehead atoms. The Morgan fingerprint density at radius 3 is 2.44 bits per heavy atom. The molecule has 0 unspecified atom stereocenters. The SMILES string of the molecule is C[C@@H]1[C@@H]([Si](C)(C)F)[C@H](CC(=O)N2CCC[C@H]2CO)O[C@@H]1CCc1ccc(N2CN(c3ccccc3)C3(CCNCC3)C2=O)cc1. The summed E-state index contributed by atoms with van der Waals surface area (Å²) < 4.78 is 22.1. The van der Waals surface area contributed by atoms with E-state index in [1.807, 2.05) is 35.2 Å². The highest BCUT2D eigenvalue weighted by atomic mass is 28.4. The van der Waals surface area contributed by atoms with E-state index in [-0.39, 0.29) is 48.4 Å². The van der Waals surface area contributed by atoms with Crippen molar-refractivity contribution in [2.24, 2.45) is 5.92 Å². The van der Waals surface area contributed by atoms with E-state index < -0.39 is 20.1 Å². The van der Waals surface area contributed by atoms with Crippen LogP contribution in [0.25, 0.3) is 0 Å². The fourth-order valence-corrected chi connectivity index (χ4v) is 11.1. The Kier molecular flexibility index (Phi) is 9.39. The van der Waals surface area contributed by atoms with Gasteiger partial charge in [-0.2, -0.15) is 0 Å². The number of hydrogen-bond acceptors (Lipinski definition) is 6. The summed E-state index contributed by atoms with van der Waals surface area (Å²) in [6.07, 6.45) is 4.41. The van der Waals surface area contributed by atoms with Gasteiger partial charge in [-0.3, -0.25) is 14.5 Å². The Labute approximate surface area is 268 Å². The van der Waals surface area contributed by atoms with Crippen LogP contribution < -0.4 is 15.1 Å². The molecule has 2 N–H and O–H groups in total. The van der Waals surface area contributed by atoms with Gasteiger partial charge in [-0.05, 0) is 100 Å². The van der Waals surface area contributed by atoms with Crippen molar-refractivity contribution in [3.05, 3.63) is 60.2 Å². The first-order valence-electron chi connectivity index (χ1n) is 16.8. The third-order valence-corrected chi connectivity index (χ3v) is 13.4. The number of aliphatic hydroxyl groups excluding tert-OH is 1. The minimum atomic E-state index is -3.10. The number of ether oxygens (including phenoxy) is 1. The van der Waals surface area contributed by atoms with Crippen LogP contribution in [0.4, 0.5) is 15.5 Å². The topological polar surface area (TPSA) is 85.4 Å². The van der Waals surface area contributed by atoms with Gasteiger partial charge in [0.1, 0.15) is 5.54 Å². The molecule has 0 aliphatic carbocycles. The van der Waals surface area contributed by atoms with E-state index in [9.17, 15) is 14.7 Å². The van der Waals surface area contributed by atoms with Gasteiger partial charge in [-0.15, -0.1) is 0 Å². The number of benzene rings is 2. The molecular formula is C35H49FN4O4Si. The van der Waals surface area contributed by atoms with E-state index in [0.717, 1.165) is 68.6 Å². The first-order chi connectivity index (χ1) is 21.6. The molecule has 1 spiro atoms. The van der Waals surface area contributed by atoms with E-state index in [4.69, 9.17) is 4.74 Å². The Bertz CT molecular complexity index is 1330. The Morgan fingerprint density at radius 1 is 1.07 bits per heavy atom. The van der Waals surface area contributed by atoms with E-state index in [2.05, 4.69) is 41.4 Å². The maximum absolute atomic E-state index is 15.6. The molecule has 0 aromatic heterocycles. The fraction of sp³-hybridized carbons (Fsp3) is 0.600. The van der Waals surface area contributed by atoms with Crippen LogP contribution >= 0.6 is 0 Å². The van der Waals surface area contributed by atoms with E-state index in [0.29, 0.717) is 13.2 Å². The maximum Gasteiger partial charge on any atom is 0.254 e. The number of halogens is 1. The number of amides is 2. The van der Waals surface area contributed by atoms with Crippen LogP contribution in [-0.4, -0.2) is 86.9 Å². The number of hydrogen-bond donors (Lipinski definition) is 2. The van der Waals surface area contributed by atoms with E-state index in [1.54, 1.807) is 18.0 Å². The zero-order valence-corrected chi connectivity index (χ0v) is 28.0. The van der Waals surface area contributed by atoms with E-state index in [1.165, 1.54) is 0 Å². The van der Waals surface area contributed by atoms with Gasteiger partial charge in [0.15, 0.2) is 0 Å². The lowest BCUT2D eigenvalue weighted by Crippen LogP contribution is -2.55. The zero-order valence-electron chi connectivity index (χ0n) is 27.0. The second-order valence-corrected chi connectivity index (χ2v) is 17.9. The number of likely N-dealkylation sites (tertiary alicyclic amines) is 1. The van der Waals surface area contributed by atoms with Gasteiger partial charge in [-0.25, -0.2) is 0 Å². The summed E-state index contributed by atoms with van der Waals surface area (Å²) in [6, 6.07) is 18.4. The normalized spacial score (nSPS) is 28.4. The highest BCUT2D eigenvalue weighted by Crippen LogP contribution is 2.47. The number of anilines is 2. The zero-order chi connectivity index (χ0) is 31.8. The molecule has 4 saturated heterocycles. The first kappa shape index (κ1) is 32.2. The monoisotopic (exact) mass is 636 g/mol. The molecule has 2 aromatic carbocycles. The number of aryl methyl sites for hydroxylation is 1. The molecule has 2 aromatic rings. The van der Waals surface area contributed by atoms with Gasteiger partial charge in [0, 0.05) is 23.5 Å². The van der Waals surface area contributed by atoms with Gasteiger partial charge < -0.3 is 29.1 Å². The summed E-state index contributed by atoms with van der Waals surface area (Å²) in [7, 11) is -3.10. The van der Waals surface area contributed by atoms with Gasteiger partial charge >= 0.3 is 0 Å². The van der Waals surface area contributed by atoms with Crippen LogP contribution in [0.1, 0.15) is 51.0 Å². The highest BCUT2D eigenvalue weighted by Gasteiger charge is 2.54. The minimum absolute atomic E-state index is 0.0216. The van der Waals surface area contributed by atoms with Crippen molar-refractivity contribution in [1.82, 2.24) is 10.2 Å². The number of aliphatic hydroxyl groups is 1. The fourth-order valence-electron chi connectivity index (χ4n) is 8.54. The van der Waals surface area contributed by atoms with Crippen LogP contribution in [0.15, 0.2) is 54.6 Å². The molecule has 4 heterocycles. The summed E-state index contributed by atoms with van der Waals surface area (Å²) in [5.74, 6) is 0.155. The number of piperidine rings is 1. The van der Waals surface area contributed by atoms with Gasteiger partial charge in [0.2, 0.25) is 14.3 Å². The van der Waals surface area contributed by atoms with Crippen molar-refractivity contribution in [2.45, 2.75) is 94.3 Å². The predicted octanol–water partition coefficient (Wildman–Crippen LogP) is 4.87. The molecule has 244 valence electrons. The van der Waals surface area contributed by atoms with Crippen LogP contribution in [-0.2, 0) is 20.7 Å². The summed E-state index contributed by atoms with van der Waals surface area (Å²) in [5, 5.41) is 13.1. The van der Waals surface area contributed by atoms with Crippen LogP contribution in [0, 0.1) is 5.92 Å². The molecular weight excluding hydrogens is 587 g/mol. The first-order valence-corrected chi connectivity index (χ1v) is 19.8. The molecule has 2 amide bonds. The molecule has 4 fully saturated rings. The summed E-state index contributed by atoms with van der Waals surface area (Å²) in [4.78, 5) is 33.2. The smallest absolute Gasteiger partial charge is 0.254 e. The number of rotatable bonds is 9. The second kappa shape index (κ2) is 13.1. The number of carbonyl (C=O) groups excluding carboxylic acids is 2. The largest absolute Gasteiger partial charge is 0.394 e. The number of nitrogens with one attached hydrogen (secondary N) is 1. The minimum Gasteiger partial charge on any atom is -0.394 e. The Morgan fingerprint density at radius 2 is 1.78 bits per heavy atom. The van der Waals surface area contributed by atoms with Crippen molar-refractivity contribution >= 4 is 31.6 Å². The van der Waals surface area contributed by atoms with Crippen LogP contribution in [0.2, 0.25) is 18.6 Å². The quantitative estimate of drug-likeness (QED) is 0.302. The Hall–Kier alpha value is -2.79. The lowest BCUT2D eigenvalue weighted by atomic mass is 9.86. The molecule has 0 saturated carbocycles. The Balaban J connectivity index is 1.11. The van der Waals surface area contributed by atoms with Crippen LogP contribution in [0.5, 0.6) is 0 Å². The second-order valence-electron chi connectivity index (χ2n) is 14.1. The lowest BCUT2D eigenvalue weighted by molar-refractivity contribution is -0.135. The average Bonchev–Trinajstić information content (AvgIpc) is 3.72. The number of carbonyl (C=O) groups is 2. The molecule has 5 atom stereocenters. The summed E-state index contributed by atoms with van der Waals surface area (Å²) in [5.41, 5.74) is 2.34. The third kappa shape index (κ3) is 6.31. The molecule has 8 nitrogen and oxygen atoms in total. The van der Waals surface area contributed by atoms with Crippen molar-refractivity contribution < 1.29 is 23.5 Å². The maximum atomic E-state index is 15.6. The standard InChI is InChI=1S/C35H49FN4O4Si/c1-25-30(44-31(33(25)45(2,3)36)22-32(42)38-21-7-10-29(38)23-41)16-13-26-11-14-27(15-12-26)39-24-40(28-8-5-4-6-9-28)35(34(39)43)17-19-37-20-18-35/h4-6,8-9,11-12,14-15,25,29-31,33,37,41H,7,10,13,16-24H2,1-3H3/t25-,29-,30+,31-,33+/m0/s1. The highest BCUT2D eigenvalue weighted by molar-refractivity contribution is 6.72. The van der Waals surface area contributed by atoms with Gasteiger partial charge in [-0.1, -0.05) is 37.3 Å². The molecule has 4 aliphatic rings. The van der Waals surface area contributed by atoms with Crippen molar-refractivity contribution in [3.8, 4) is 0 Å². The molecule has 4 aliphatic heterocycles. The summed E-state index contributed by atoms with van der Waals surface area (Å²) >= 11 is 0. The van der Waals surface area contributed by atoms with Crippen molar-refractivity contribution in [3.63, 3.8) is 0 Å². The number of nitrogens with zero attached hydrogens (tertiary/aromatic N) is 3. The molecule has 10 heteroatoms. The number of para-hydroxylation sites is 1. The van der Waals surface area contributed by atoms with Crippen molar-refractivity contribution in [2.75, 3.05) is 42.7 Å². The third-order valence-electron chi connectivity index (χ3n) is 10.9. The predicted molar refractivity (Wildman–Crippen MR) is 177 cm³/mol. The molecule has 45 heavy (non-hydrogen) atoms. The van der Waals surface area contributed by atoms with E-state index >= 15 is 4.11 Å². The van der Waals surface area contributed by atoms with Crippen molar-refractivity contribution in [1.29, 1.82) is 0 Å². The lowest BCUT2D eigenvalue weighted by Gasteiger charge is -2.39. The summed E-state index contributed by atoms with van der Waals surface area (Å²) in [6.45, 7) is 8.33. The van der Waals surface area contributed by atoms with Crippen LogP contribution in [0.3, 0.4) is 0 Å². The van der Waals surface area contributed by atoms with Gasteiger partial charge in [0.25, 0.3) is 5.91 Å². The molecule has 0 radical (unpaired) electrons. The van der Waals surface area contributed by atoms with Gasteiger partial charge in [0.05, 0.1) is 37.9 Å². The average molecular weight is 637 g/mol.